The summed E-state index contributed by atoms with van der Waals surface area (Å²) in [4.78, 5) is 14.7. The summed E-state index contributed by atoms with van der Waals surface area (Å²) in [6.45, 7) is 2.25. The molecule has 20 heavy (non-hydrogen) atoms. The van der Waals surface area contributed by atoms with E-state index in [0.717, 1.165) is 22.4 Å². The number of nitrogens with one attached hydrogen (secondary N) is 1. The van der Waals surface area contributed by atoms with Gasteiger partial charge in [0.2, 0.25) is 5.82 Å². The normalized spacial score (nSPS) is 10.6. The van der Waals surface area contributed by atoms with E-state index in [9.17, 15) is 18.9 Å². The molecule has 1 aromatic heterocycles. The molecule has 0 aliphatic rings. The standard InChI is InChI=1S/C12H11F2N3O2S/c1-2-12-16-6-7(20-12)5-15-10-4-11(17(18)19)9(14)3-8(10)13/h3-4,6,15H,2,5H2,1H3. The Morgan fingerprint density at radius 3 is 2.75 bits per heavy atom. The van der Waals surface area contributed by atoms with E-state index in [1.165, 1.54) is 11.3 Å². The van der Waals surface area contributed by atoms with Crippen molar-refractivity contribution in [3.05, 3.63) is 50.0 Å². The molecule has 0 spiro atoms. The fourth-order valence-electron chi connectivity index (χ4n) is 1.59. The number of anilines is 1. The summed E-state index contributed by atoms with van der Waals surface area (Å²) in [7, 11) is 0. The van der Waals surface area contributed by atoms with Gasteiger partial charge in [0.05, 0.1) is 22.2 Å². The van der Waals surface area contributed by atoms with Crippen molar-refractivity contribution >= 4 is 22.7 Å². The minimum Gasteiger partial charge on any atom is -0.378 e. The van der Waals surface area contributed by atoms with Crippen molar-refractivity contribution in [3.8, 4) is 0 Å². The molecule has 0 amide bonds. The van der Waals surface area contributed by atoms with Gasteiger partial charge in [-0.15, -0.1) is 11.3 Å². The van der Waals surface area contributed by atoms with Crippen molar-refractivity contribution in [2.75, 3.05) is 5.32 Å². The molecule has 2 rings (SSSR count). The van der Waals surface area contributed by atoms with Gasteiger partial charge in [0.1, 0.15) is 5.82 Å². The zero-order valence-corrected chi connectivity index (χ0v) is 11.3. The fraction of sp³-hybridized carbons (Fsp3) is 0.250. The number of aromatic nitrogens is 1. The van der Waals surface area contributed by atoms with Gasteiger partial charge in [0.25, 0.3) is 0 Å². The van der Waals surface area contributed by atoms with Crippen LogP contribution in [0.3, 0.4) is 0 Å². The Kier molecular flexibility index (Phi) is 4.23. The number of rotatable bonds is 5. The number of nitrogens with zero attached hydrogens (tertiary/aromatic N) is 2. The third-order valence-corrected chi connectivity index (χ3v) is 3.73. The predicted octanol–water partition coefficient (Wildman–Crippen LogP) is 3.50. The smallest absolute Gasteiger partial charge is 0.307 e. The highest BCUT2D eigenvalue weighted by Crippen LogP contribution is 2.26. The summed E-state index contributed by atoms with van der Waals surface area (Å²) >= 11 is 1.47. The predicted molar refractivity (Wildman–Crippen MR) is 71.8 cm³/mol. The molecule has 0 unspecified atom stereocenters. The maximum Gasteiger partial charge on any atom is 0.307 e. The first kappa shape index (κ1) is 14.3. The molecule has 5 nitrogen and oxygen atoms in total. The maximum atomic E-state index is 13.5. The Balaban J connectivity index is 2.16. The monoisotopic (exact) mass is 299 g/mol. The number of benzene rings is 1. The molecule has 106 valence electrons. The minimum atomic E-state index is -1.19. The van der Waals surface area contributed by atoms with Gasteiger partial charge in [-0.3, -0.25) is 10.1 Å². The second-order valence-corrected chi connectivity index (χ2v) is 5.17. The third kappa shape index (κ3) is 3.08. The van der Waals surface area contributed by atoms with Crippen molar-refractivity contribution in [2.24, 2.45) is 0 Å². The van der Waals surface area contributed by atoms with Gasteiger partial charge < -0.3 is 5.32 Å². The van der Waals surface area contributed by atoms with Gasteiger partial charge in [-0.05, 0) is 6.42 Å². The SMILES string of the molecule is CCc1ncc(CNc2cc([N+](=O)[O-])c(F)cc2F)s1. The number of hydrogen-bond donors (Lipinski definition) is 1. The van der Waals surface area contributed by atoms with E-state index in [2.05, 4.69) is 10.3 Å². The Bertz CT molecular complexity index is 646. The zero-order valence-electron chi connectivity index (χ0n) is 10.5. The lowest BCUT2D eigenvalue weighted by Gasteiger charge is -2.06. The van der Waals surface area contributed by atoms with Gasteiger partial charge >= 0.3 is 5.69 Å². The molecule has 2 aromatic rings. The summed E-state index contributed by atoms with van der Waals surface area (Å²) in [6.07, 6.45) is 2.47. The number of aryl methyl sites for hydroxylation is 1. The summed E-state index contributed by atoms with van der Waals surface area (Å²) in [5.74, 6) is -2.06. The lowest BCUT2D eigenvalue weighted by atomic mass is 10.2. The Labute approximate surface area is 117 Å². The van der Waals surface area contributed by atoms with Crippen LogP contribution in [0.2, 0.25) is 0 Å². The number of hydrogen-bond acceptors (Lipinski definition) is 5. The topological polar surface area (TPSA) is 68.1 Å². The van der Waals surface area contributed by atoms with E-state index in [1.54, 1.807) is 6.20 Å². The van der Waals surface area contributed by atoms with Crippen molar-refractivity contribution in [1.29, 1.82) is 0 Å². The van der Waals surface area contributed by atoms with Crippen LogP contribution >= 0.6 is 11.3 Å². The largest absolute Gasteiger partial charge is 0.378 e. The van der Waals surface area contributed by atoms with Gasteiger partial charge in [-0.2, -0.15) is 4.39 Å². The Hall–Kier alpha value is -2.09. The van der Waals surface area contributed by atoms with E-state index in [-0.39, 0.29) is 12.2 Å². The molecule has 0 aliphatic carbocycles. The summed E-state index contributed by atoms with van der Waals surface area (Å²) in [6, 6.07) is 1.36. The molecule has 0 atom stereocenters. The van der Waals surface area contributed by atoms with Crippen molar-refractivity contribution in [2.45, 2.75) is 19.9 Å². The molecule has 8 heteroatoms. The molecule has 0 aliphatic heterocycles. The van der Waals surface area contributed by atoms with Crippen LogP contribution in [0.4, 0.5) is 20.2 Å². The van der Waals surface area contributed by atoms with Crippen molar-refractivity contribution in [1.82, 2.24) is 4.98 Å². The highest BCUT2D eigenvalue weighted by molar-refractivity contribution is 7.11. The van der Waals surface area contributed by atoms with Crippen LogP contribution in [0.25, 0.3) is 0 Å². The minimum absolute atomic E-state index is 0.107. The van der Waals surface area contributed by atoms with Crippen molar-refractivity contribution < 1.29 is 13.7 Å². The molecule has 1 N–H and O–H groups in total. The van der Waals surface area contributed by atoms with Gasteiger partial charge in [-0.1, -0.05) is 6.92 Å². The molecule has 0 radical (unpaired) electrons. The van der Waals surface area contributed by atoms with Crippen LogP contribution < -0.4 is 5.32 Å². The molecular formula is C12H11F2N3O2S. The third-order valence-electron chi connectivity index (χ3n) is 2.59. The molecule has 0 saturated carbocycles. The van der Waals surface area contributed by atoms with Gasteiger partial charge in [0.15, 0.2) is 0 Å². The van der Waals surface area contributed by atoms with Crippen LogP contribution in [0.1, 0.15) is 16.8 Å². The number of halogens is 2. The Morgan fingerprint density at radius 2 is 2.15 bits per heavy atom. The highest BCUT2D eigenvalue weighted by Gasteiger charge is 2.18. The highest BCUT2D eigenvalue weighted by atomic mass is 32.1. The molecule has 0 fully saturated rings. The average Bonchev–Trinajstić information content (AvgIpc) is 2.85. The lowest BCUT2D eigenvalue weighted by Crippen LogP contribution is -2.02. The Morgan fingerprint density at radius 1 is 1.40 bits per heavy atom. The van der Waals surface area contributed by atoms with E-state index >= 15 is 0 Å². The average molecular weight is 299 g/mol. The number of nitro groups is 1. The van der Waals surface area contributed by atoms with Gasteiger partial charge in [0, 0.05) is 23.2 Å². The second-order valence-electron chi connectivity index (χ2n) is 3.97. The molecule has 1 aromatic carbocycles. The maximum absolute atomic E-state index is 13.5. The van der Waals surface area contributed by atoms with Gasteiger partial charge in [-0.25, -0.2) is 9.37 Å². The van der Waals surface area contributed by atoms with Crippen LogP contribution in [0.5, 0.6) is 0 Å². The van der Waals surface area contributed by atoms with Crippen LogP contribution in [0.15, 0.2) is 18.3 Å². The van der Waals surface area contributed by atoms with E-state index < -0.39 is 22.2 Å². The first-order valence-corrected chi connectivity index (χ1v) is 6.63. The molecule has 0 saturated heterocycles. The quantitative estimate of drug-likeness (QED) is 0.677. The van der Waals surface area contributed by atoms with Crippen molar-refractivity contribution in [3.63, 3.8) is 0 Å². The van der Waals surface area contributed by atoms with E-state index in [1.807, 2.05) is 6.92 Å². The first-order valence-electron chi connectivity index (χ1n) is 5.82. The van der Waals surface area contributed by atoms with E-state index in [0.29, 0.717) is 6.07 Å². The second kappa shape index (κ2) is 5.91. The van der Waals surface area contributed by atoms with Crippen LogP contribution in [-0.4, -0.2) is 9.91 Å². The molecule has 0 bridgehead atoms. The molecule has 1 heterocycles. The lowest BCUT2D eigenvalue weighted by molar-refractivity contribution is -0.387. The van der Waals surface area contributed by atoms with Crippen LogP contribution in [-0.2, 0) is 13.0 Å². The summed E-state index contributed by atoms with van der Waals surface area (Å²) < 4.78 is 26.7. The molecular weight excluding hydrogens is 288 g/mol. The summed E-state index contributed by atoms with van der Waals surface area (Å²) in [5, 5.41) is 14.3. The zero-order chi connectivity index (χ0) is 14.7. The first-order chi connectivity index (χ1) is 9.51. The van der Waals surface area contributed by atoms with Crippen LogP contribution in [0, 0.1) is 21.7 Å². The number of nitro benzene ring substituents is 1. The van der Waals surface area contributed by atoms with E-state index in [4.69, 9.17) is 0 Å². The fourth-order valence-corrected chi connectivity index (χ4v) is 2.39. The summed E-state index contributed by atoms with van der Waals surface area (Å²) in [5.41, 5.74) is -0.864. The number of thiazole rings is 1.